The van der Waals surface area contributed by atoms with Crippen LogP contribution >= 0.6 is 0 Å². The SMILES string of the molecule is CCNC(=NCC1CC1)NC1CCN(C(=O)C2CCCC2)C1. The van der Waals surface area contributed by atoms with Crippen LogP contribution in [-0.2, 0) is 4.79 Å². The number of hydrogen-bond acceptors (Lipinski definition) is 2. The number of carbonyl (C=O) groups is 1. The van der Waals surface area contributed by atoms with E-state index in [-0.39, 0.29) is 0 Å². The Bertz CT molecular complexity index is 413. The Kier molecular flexibility index (Phi) is 5.21. The van der Waals surface area contributed by atoms with Crippen LogP contribution in [0.25, 0.3) is 0 Å². The summed E-state index contributed by atoms with van der Waals surface area (Å²) < 4.78 is 0. The first kappa shape index (κ1) is 15.6. The van der Waals surface area contributed by atoms with Crippen LogP contribution in [0.1, 0.15) is 51.9 Å². The van der Waals surface area contributed by atoms with Gasteiger partial charge in [0.1, 0.15) is 0 Å². The molecule has 22 heavy (non-hydrogen) atoms. The van der Waals surface area contributed by atoms with Crippen LogP contribution in [0.15, 0.2) is 4.99 Å². The highest BCUT2D eigenvalue weighted by Crippen LogP contribution is 2.29. The summed E-state index contributed by atoms with van der Waals surface area (Å²) in [5.41, 5.74) is 0. The van der Waals surface area contributed by atoms with Gasteiger partial charge in [0.2, 0.25) is 5.91 Å². The molecular formula is C17H30N4O. The van der Waals surface area contributed by atoms with E-state index in [9.17, 15) is 4.79 Å². The fourth-order valence-corrected chi connectivity index (χ4v) is 3.54. The summed E-state index contributed by atoms with van der Waals surface area (Å²) in [4.78, 5) is 19.2. The third-order valence-electron chi connectivity index (χ3n) is 5.09. The Labute approximate surface area is 133 Å². The largest absolute Gasteiger partial charge is 0.357 e. The van der Waals surface area contributed by atoms with E-state index in [0.29, 0.717) is 17.9 Å². The molecule has 0 bridgehead atoms. The fraction of sp³-hybridized carbons (Fsp3) is 0.882. The normalized spacial score (nSPS) is 26.5. The van der Waals surface area contributed by atoms with Gasteiger partial charge in [0.05, 0.1) is 0 Å². The molecule has 0 aromatic heterocycles. The first-order valence-electron chi connectivity index (χ1n) is 9.10. The van der Waals surface area contributed by atoms with Crippen molar-refractivity contribution in [2.24, 2.45) is 16.8 Å². The number of amides is 1. The highest BCUT2D eigenvalue weighted by molar-refractivity contribution is 5.81. The molecule has 0 radical (unpaired) electrons. The summed E-state index contributed by atoms with van der Waals surface area (Å²) >= 11 is 0. The Morgan fingerprint density at radius 1 is 1.18 bits per heavy atom. The molecule has 0 aromatic rings. The van der Waals surface area contributed by atoms with Crippen molar-refractivity contribution in [3.05, 3.63) is 0 Å². The molecule has 2 saturated carbocycles. The second kappa shape index (κ2) is 7.34. The van der Waals surface area contributed by atoms with Gasteiger partial charge in [-0.3, -0.25) is 9.79 Å². The number of aliphatic imine (C=N–C) groups is 1. The lowest BCUT2D eigenvalue weighted by Crippen LogP contribution is -2.45. The number of likely N-dealkylation sites (tertiary alicyclic amines) is 1. The number of rotatable bonds is 5. The van der Waals surface area contributed by atoms with Gasteiger partial charge in [0.25, 0.3) is 0 Å². The molecule has 3 rings (SSSR count). The van der Waals surface area contributed by atoms with Crippen molar-refractivity contribution in [3.8, 4) is 0 Å². The Hall–Kier alpha value is -1.26. The molecule has 1 atom stereocenters. The van der Waals surface area contributed by atoms with Gasteiger partial charge in [-0.2, -0.15) is 0 Å². The maximum Gasteiger partial charge on any atom is 0.225 e. The molecule has 2 aliphatic carbocycles. The lowest BCUT2D eigenvalue weighted by atomic mass is 10.1. The van der Waals surface area contributed by atoms with Gasteiger partial charge in [-0.1, -0.05) is 12.8 Å². The van der Waals surface area contributed by atoms with Gasteiger partial charge in [-0.05, 0) is 44.9 Å². The van der Waals surface area contributed by atoms with E-state index in [2.05, 4.69) is 27.4 Å². The zero-order valence-corrected chi connectivity index (χ0v) is 13.8. The second-order valence-corrected chi connectivity index (χ2v) is 7.06. The van der Waals surface area contributed by atoms with Crippen molar-refractivity contribution in [1.29, 1.82) is 0 Å². The van der Waals surface area contributed by atoms with E-state index in [4.69, 9.17) is 0 Å². The maximum atomic E-state index is 12.5. The van der Waals surface area contributed by atoms with Crippen LogP contribution < -0.4 is 10.6 Å². The number of hydrogen-bond donors (Lipinski definition) is 2. The van der Waals surface area contributed by atoms with Crippen molar-refractivity contribution >= 4 is 11.9 Å². The third kappa shape index (κ3) is 4.14. The molecule has 1 aliphatic heterocycles. The number of nitrogens with one attached hydrogen (secondary N) is 2. The van der Waals surface area contributed by atoms with Crippen molar-refractivity contribution in [2.75, 3.05) is 26.2 Å². The maximum absolute atomic E-state index is 12.5. The molecule has 1 saturated heterocycles. The molecule has 124 valence electrons. The first-order chi connectivity index (χ1) is 10.8. The minimum absolute atomic E-state index is 0.301. The standard InChI is InChI=1S/C17H30N4O/c1-2-18-17(19-11-13-7-8-13)20-15-9-10-21(12-15)16(22)14-5-3-4-6-14/h13-15H,2-12H2,1H3,(H2,18,19,20). The lowest BCUT2D eigenvalue weighted by molar-refractivity contribution is -0.134. The summed E-state index contributed by atoms with van der Waals surface area (Å²) in [6.45, 7) is 5.65. The summed E-state index contributed by atoms with van der Waals surface area (Å²) in [6, 6.07) is 0.349. The van der Waals surface area contributed by atoms with Gasteiger partial charge in [-0.15, -0.1) is 0 Å². The van der Waals surface area contributed by atoms with Gasteiger partial charge < -0.3 is 15.5 Å². The predicted molar refractivity (Wildman–Crippen MR) is 88.8 cm³/mol. The van der Waals surface area contributed by atoms with Gasteiger partial charge in [-0.25, -0.2) is 0 Å². The molecule has 0 aromatic carbocycles. The van der Waals surface area contributed by atoms with Gasteiger partial charge >= 0.3 is 0 Å². The highest BCUT2D eigenvalue weighted by atomic mass is 16.2. The van der Waals surface area contributed by atoms with Gasteiger partial charge in [0.15, 0.2) is 5.96 Å². The molecule has 1 unspecified atom stereocenters. The third-order valence-corrected chi connectivity index (χ3v) is 5.09. The Morgan fingerprint density at radius 3 is 2.64 bits per heavy atom. The van der Waals surface area contributed by atoms with Crippen molar-refractivity contribution in [3.63, 3.8) is 0 Å². The van der Waals surface area contributed by atoms with Crippen LogP contribution in [0.4, 0.5) is 0 Å². The van der Waals surface area contributed by atoms with Crippen LogP contribution in [0, 0.1) is 11.8 Å². The van der Waals surface area contributed by atoms with Crippen LogP contribution in [0.3, 0.4) is 0 Å². The van der Waals surface area contributed by atoms with E-state index in [1.54, 1.807) is 0 Å². The number of nitrogens with zero attached hydrogens (tertiary/aromatic N) is 2. The van der Waals surface area contributed by atoms with Crippen molar-refractivity contribution < 1.29 is 4.79 Å². The molecule has 2 N–H and O–H groups in total. The fourth-order valence-electron chi connectivity index (χ4n) is 3.54. The zero-order chi connectivity index (χ0) is 15.4. The number of guanidine groups is 1. The zero-order valence-electron chi connectivity index (χ0n) is 13.8. The van der Waals surface area contributed by atoms with E-state index >= 15 is 0 Å². The van der Waals surface area contributed by atoms with E-state index in [1.807, 2.05) is 0 Å². The summed E-state index contributed by atoms with van der Waals surface area (Å²) in [5, 5.41) is 6.85. The van der Waals surface area contributed by atoms with E-state index < -0.39 is 0 Å². The van der Waals surface area contributed by atoms with Crippen molar-refractivity contribution in [1.82, 2.24) is 15.5 Å². The molecular weight excluding hydrogens is 276 g/mol. The summed E-state index contributed by atoms with van der Waals surface area (Å²) in [6.07, 6.45) is 8.34. The molecule has 5 nitrogen and oxygen atoms in total. The minimum atomic E-state index is 0.301. The summed E-state index contributed by atoms with van der Waals surface area (Å²) in [7, 11) is 0. The summed E-state index contributed by atoms with van der Waals surface area (Å²) in [5.74, 6) is 2.42. The molecule has 0 spiro atoms. The topological polar surface area (TPSA) is 56.7 Å². The Balaban J connectivity index is 1.47. The predicted octanol–water partition coefficient (Wildman–Crippen LogP) is 1.74. The molecule has 3 aliphatic rings. The van der Waals surface area contributed by atoms with Crippen LogP contribution in [0.2, 0.25) is 0 Å². The Morgan fingerprint density at radius 2 is 1.95 bits per heavy atom. The van der Waals surface area contributed by atoms with Crippen LogP contribution in [0.5, 0.6) is 0 Å². The molecule has 5 heteroatoms. The van der Waals surface area contributed by atoms with E-state index in [1.165, 1.54) is 25.7 Å². The molecule has 1 heterocycles. The van der Waals surface area contributed by atoms with Gasteiger partial charge in [0, 0.05) is 38.1 Å². The lowest BCUT2D eigenvalue weighted by Gasteiger charge is -2.21. The quantitative estimate of drug-likeness (QED) is 0.601. The van der Waals surface area contributed by atoms with E-state index in [0.717, 1.165) is 57.3 Å². The molecule has 3 fully saturated rings. The average molecular weight is 306 g/mol. The number of carbonyl (C=O) groups excluding carboxylic acids is 1. The average Bonchev–Trinajstić information content (AvgIpc) is 3.01. The monoisotopic (exact) mass is 306 g/mol. The van der Waals surface area contributed by atoms with Crippen molar-refractivity contribution in [2.45, 2.75) is 57.9 Å². The first-order valence-corrected chi connectivity index (χ1v) is 9.10. The van der Waals surface area contributed by atoms with Crippen LogP contribution in [-0.4, -0.2) is 49.0 Å². The second-order valence-electron chi connectivity index (χ2n) is 7.06. The smallest absolute Gasteiger partial charge is 0.225 e. The highest BCUT2D eigenvalue weighted by Gasteiger charge is 2.32. The minimum Gasteiger partial charge on any atom is -0.357 e. The molecule has 1 amide bonds.